The van der Waals surface area contributed by atoms with E-state index in [1.807, 2.05) is 72.8 Å². The van der Waals surface area contributed by atoms with E-state index in [-0.39, 0.29) is 11.8 Å². The minimum Gasteiger partial charge on any atom is -0.475 e. The van der Waals surface area contributed by atoms with Crippen LogP contribution in [0.3, 0.4) is 0 Å². The quantitative estimate of drug-likeness (QED) is 0.132. The van der Waals surface area contributed by atoms with Crippen LogP contribution >= 0.6 is 0 Å². The number of rotatable bonds is 9. The Morgan fingerprint density at radius 1 is 0.739 bits per heavy atom. The molecule has 3 aromatic rings. The number of carboxylic acid groups (broad SMARTS) is 2. The molecule has 1 aliphatic heterocycles. The number of likely N-dealkylation sites (tertiary alicyclic amines) is 1. The third kappa shape index (κ3) is 10.8. The van der Waals surface area contributed by atoms with E-state index in [1.165, 1.54) is 5.56 Å². The molecule has 0 aliphatic carbocycles. The zero-order chi connectivity index (χ0) is 34.5. The minimum atomic E-state index is -5.08. The van der Waals surface area contributed by atoms with Crippen LogP contribution in [0.2, 0.25) is 0 Å². The van der Waals surface area contributed by atoms with Gasteiger partial charge in [-0.25, -0.2) is 9.59 Å². The summed E-state index contributed by atoms with van der Waals surface area (Å²) >= 11 is 0. The Balaban J connectivity index is 0.000000440. The Morgan fingerprint density at radius 2 is 1.17 bits per heavy atom. The molecule has 6 N–H and O–H groups in total. The van der Waals surface area contributed by atoms with Crippen molar-refractivity contribution in [1.82, 2.24) is 4.90 Å². The molecule has 14 heteroatoms. The maximum Gasteiger partial charge on any atom is 0.490 e. The number of alkyl halides is 6. The van der Waals surface area contributed by atoms with E-state index in [1.54, 1.807) is 0 Å². The summed E-state index contributed by atoms with van der Waals surface area (Å²) in [7, 11) is 0. The second-order valence-electron chi connectivity index (χ2n) is 10.5. The largest absolute Gasteiger partial charge is 0.490 e. The number of unbranched alkanes of at least 4 members (excludes halogenated alkanes) is 1. The van der Waals surface area contributed by atoms with Gasteiger partial charge in [0.15, 0.2) is 0 Å². The van der Waals surface area contributed by atoms with Gasteiger partial charge in [-0.15, -0.1) is 0 Å². The van der Waals surface area contributed by atoms with Gasteiger partial charge in [0.1, 0.15) is 5.41 Å². The van der Waals surface area contributed by atoms with E-state index in [0.717, 1.165) is 62.1 Å². The van der Waals surface area contributed by atoms with Crippen LogP contribution in [0.15, 0.2) is 84.9 Å². The molecule has 0 unspecified atom stereocenters. The topological polar surface area (TPSA) is 147 Å². The molecule has 0 spiro atoms. The van der Waals surface area contributed by atoms with Crippen molar-refractivity contribution in [3.63, 3.8) is 0 Å². The van der Waals surface area contributed by atoms with E-state index in [4.69, 9.17) is 31.3 Å². The molecule has 46 heavy (non-hydrogen) atoms. The van der Waals surface area contributed by atoms with Gasteiger partial charge in [0.05, 0.1) is 0 Å². The predicted molar refractivity (Wildman–Crippen MR) is 159 cm³/mol. The first kappa shape index (κ1) is 37.6. The summed E-state index contributed by atoms with van der Waals surface area (Å²) < 4.78 is 63.5. The highest BCUT2D eigenvalue weighted by atomic mass is 19.4. The molecular formula is C32H35F6N3O5. The molecule has 0 bridgehead atoms. The number of anilines is 1. The van der Waals surface area contributed by atoms with E-state index in [9.17, 15) is 31.1 Å². The van der Waals surface area contributed by atoms with Crippen LogP contribution in [-0.4, -0.2) is 64.9 Å². The van der Waals surface area contributed by atoms with Crippen molar-refractivity contribution in [2.45, 2.75) is 43.5 Å². The third-order valence-corrected chi connectivity index (χ3v) is 7.39. The van der Waals surface area contributed by atoms with Crippen LogP contribution in [0.4, 0.5) is 32.0 Å². The smallest absolute Gasteiger partial charge is 0.475 e. The van der Waals surface area contributed by atoms with Crippen molar-refractivity contribution in [2.24, 2.45) is 11.7 Å². The van der Waals surface area contributed by atoms with Crippen molar-refractivity contribution < 1.29 is 50.9 Å². The molecule has 1 heterocycles. The number of carboxylic acids is 2. The number of amides is 1. The molecule has 0 radical (unpaired) electrons. The molecular weight excluding hydrogens is 620 g/mol. The Kier molecular flexibility index (Phi) is 13.6. The van der Waals surface area contributed by atoms with Crippen molar-refractivity contribution in [2.75, 3.05) is 25.4 Å². The number of carbonyl (C=O) groups is 3. The van der Waals surface area contributed by atoms with Gasteiger partial charge in [0.2, 0.25) is 5.91 Å². The summed E-state index contributed by atoms with van der Waals surface area (Å²) in [5.41, 5.74) is 15.3. The maximum absolute atomic E-state index is 13.2. The zero-order valence-electron chi connectivity index (χ0n) is 24.6. The Morgan fingerprint density at radius 3 is 1.57 bits per heavy atom. The van der Waals surface area contributed by atoms with Gasteiger partial charge < -0.3 is 26.6 Å². The number of nitrogens with zero attached hydrogens (tertiary/aromatic N) is 1. The molecule has 3 aromatic carbocycles. The zero-order valence-corrected chi connectivity index (χ0v) is 24.6. The van der Waals surface area contributed by atoms with E-state index in [2.05, 4.69) is 17.0 Å². The van der Waals surface area contributed by atoms with Gasteiger partial charge in [-0.3, -0.25) is 4.79 Å². The molecule has 4 rings (SSSR count). The number of nitrogens with two attached hydrogens (primary N) is 2. The standard InChI is InChI=1S/C28H33N3O.2C2HF3O2/c29-26-16-14-22(15-17-26)9-7-8-19-31-20-18-25(21-31)28(27(30)32,23-10-3-1-4-11-23)24-12-5-2-6-13-24;2*3-2(4,5)1(6)7/h1-6,10-17,25H,7-9,18-21,29H2,(H2,30,32);2*(H,6,7)/t25-;;/m1../s1. The van der Waals surface area contributed by atoms with Crippen LogP contribution in [0.5, 0.6) is 0 Å². The second-order valence-corrected chi connectivity index (χ2v) is 10.5. The monoisotopic (exact) mass is 655 g/mol. The molecule has 1 saturated heterocycles. The number of aliphatic carboxylic acids is 2. The highest BCUT2D eigenvalue weighted by Gasteiger charge is 2.49. The van der Waals surface area contributed by atoms with Gasteiger partial charge >= 0.3 is 24.3 Å². The number of halogens is 6. The molecule has 1 atom stereocenters. The third-order valence-electron chi connectivity index (χ3n) is 7.39. The molecule has 0 saturated carbocycles. The fourth-order valence-corrected chi connectivity index (χ4v) is 5.26. The van der Waals surface area contributed by atoms with Gasteiger partial charge in [0, 0.05) is 12.2 Å². The average Bonchev–Trinajstić information content (AvgIpc) is 3.46. The lowest BCUT2D eigenvalue weighted by Crippen LogP contribution is -2.49. The van der Waals surface area contributed by atoms with Crippen molar-refractivity contribution in [3.05, 3.63) is 102 Å². The van der Waals surface area contributed by atoms with Crippen molar-refractivity contribution in [3.8, 4) is 0 Å². The average molecular weight is 656 g/mol. The fraction of sp³-hybridized carbons (Fsp3) is 0.344. The molecule has 8 nitrogen and oxygen atoms in total. The maximum atomic E-state index is 13.2. The number of carbonyl (C=O) groups excluding carboxylic acids is 1. The van der Waals surface area contributed by atoms with E-state index < -0.39 is 29.7 Å². The normalized spacial score (nSPS) is 15.1. The summed E-state index contributed by atoms with van der Waals surface area (Å²) in [6.07, 6.45) is -5.86. The summed E-state index contributed by atoms with van der Waals surface area (Å²) in [5.74, 6) is -5.62. The number of hydrogen-bond donors (Lipinski definition) is 4. The predicted octanol–water partition coefficient (Wildman–Crippen LogP) is 5.65. The van der Waals surface area contributed by atoms with Crippen LogP contribution in [0.1, 0.15) is 36.0 Å². The summed E-state index contributed by atoms with van der Waals surface area (Å²) in [6, 6.07) is 28.3. The number of hydrogen-bond acceptors (Lipinski definition) is 5. The van der Waals surface area contributed by atoms with Gasteiger partial charge in [-0.05, 0) is 73.5 Å². The van der Waals surface area contributed by atoms with Crippen LogP contribution < -0.4 is 11.5 Å². The van der Waals surface area contributed by atoms with E-state index in [0.29, 0.717) is 0 Å². The lowest BCUT2D eigenvalue weighted by atomic mass is 9.64. The number of nitrogen functional groups attached to an aromatic ring is 1. The first-order chi connectivity index (χ1) is 21.5. The van der Waals surface area contributed by atoms with Crippen molar-refractivity contribution in [1.29, 1.82) is 0 Å². The van der Waals surface area contributed by atoms with E-state index >= 15 is 0 Å². The first-order valence-corrected chi connectivity index (χ1v) is 14.1. The summed E-state index contributed by atoms with van der Waals surface area (Å²) in [6.45, 7) is 2.93. The summed E-state index contributed by atoms with van der Waals surface area (Å²) in [4.78, 5) is 33.4. The molecule has 250 valence electrons. The Labute approximate surface area is 261 Å². The number of primary amides is 1. The second kappa shape index (κ2) is 16.6. The van der Waals surface area contributed by atoms with Gasteiger partial charge in [-0.1, -0.05) is 72.8 Å². The molecule has 1 fully saturated rings. The van der Waals surface area contributed by atoms with Crippen LogP contribution in [0, 0.1) is 5.92 Å². The number of aryl methyl sites for hydroxylation is 1. The molecule has 1 aliphatic rings. The minimum absolute atomic E-state index is 0.155. The Bertz CT molecular complexity index is 1340. The van der Waals surface area contributed by atoms with Gasteiger partial charge in [0.25, 0.3) is 0 Å². The fourth-order valence-electron chi connectivity index (χ4n) is 5.26. The molecule has 0 aromatic heterocycles. The highest BCUT2D eigenvalue weighted by molar-refractivity contribution is 5.91. The SMILES string of the molecule is NC(=O)C(c1ccccc1)(c1ccccc1)[C@@H]1CCN(CCCCc2ccc(N)cc2)C1.O=C(O)C(F)(F)F.O=C(O)C(F)(F)F. The van der Waals surface area contributed by atoms with Crippen LogP contribution in [0.25, 0.3) is 0 Å². The van der Waals surface area contributed by atoms with Gasteiger partial charge in [-0.2, -0.15) is 26.3 Å². The van der Waals surface area contributed by atoms with Crippen LogP contribution in [-0.2, 0) is 26.2 Å². The molecule has 1 amide bonds. The lowest BCUT2D eigenvalue weighted by molar-refractivity contribution is -0.193. The highest BCUT2D eigenvalue weighted by Crippen LogP contribution is 2.43. The lowest BCUT2D eigenvalue weighted by Gasteiger charge is -2.37. The number of benzene rings is 3. The Hall–Kier alpha value is -4.59. The first-order valence-electron chi connectivity index (χ1n) is 14.1. The van der Waals surface area contributed by atoms with Crippen molar-refractivity contribution >= 4 is 23.5 Å². The summed E-state index contributed by atoms with van der Waals surface area (Å²) in [5, 5.41) is 14.2.